The first-order valence-electron chi connectivity index (χ1n) is 9.53. The van der Waals surface area contributed by atoms with Crippen LogP contribution in [0.3, 0.4) is 0 Å². The van der Waals surface area contributed by atoms with Gasteiger partial charge >= 0.3 is 0 Å². The van der Waals surface area contributed by atoms with E-state index in [9.17, 15) is 13.2 Å². The molecule has 2 aromatic carbocycles. The Labute approximate surface area is 186 Å². The van der Waals surface area contributed by atoms with E-state index in [0.29, 0.717) is 25.3 Å². The molecule has 0 unspecified atom stereocenters. The number of aryl methyl sites for hydroxylation is 2. The van der Waals surface area contributed by atoms with Crippen molar-refractivity contribution in [3.05, 3.63) is 71.0 Å². The fourth-order valence-electron chi connectivity index (χ4n) is 2.91. The molecular formula is C21H23ClN4O4S. The Hall–Kier alpha value is -3.04. The molecule has 3 aromatic rings. The first kappa shape index (κ1) is 22.6. The van der Waals surface area contributed by atoms with Crippen LogP contribution in [0.4, 0.5) is 5.69 Å². The highest BCUT2D eigenvalue weighted by Crippen LogP contribution is 2.29. The monoisotopic (exact) mass is 462 g/mol. The van der Waals surface area contributed by atoms with Gasteiger partial charge in [-0.1, -0.05) is 23.7 Å². The third-order valence-corrected chi connectivity index (χ3v) is 6.29. The second-order valence-electron chi connectivity index (χ2n) is 6.84. The maximum atomic E-state index is 12.9. The van der Waals surface area contributed by atoms with E-state index in [-0.39, 0.29) is 27.1 Å². The van der Waals surface area contributed by atoms with Gasteiger partial charge in [-0.25, -0.2) is 8.42 Å². The van der Waals surface area contributed by atoms with Crippen LogP contribution >= 0.6 is 11.6 Å². The number of sulfonamides is 1. The molecule has 0 atom stereocenters. The van der Waals surface area contributed by atoms with Gasteiger partial charge in [0.2, 0.25) is 0 Å². The summed E-state index contributed by atoms with van der Waals surface area (Å²) in [6.07, 6.45) is 4.38. The molecule has 1 amide bonds. The van der Waals surface area contributed by atoms with Crippen LogP contribution in [0.25, 0.3) is 0 Å². The van der Waals surface area contributed by atoms with Crippen LogP contribution in [0.15, 0.2) is 59.8 Å². The van der Waals surface area contributed by atoms with Crippen molar-refractivity contribution in [2.24, 2.45) is 0 Å². The molecule has 0 bridgehead atoms. The molecule has 2 N–H and O–H groups in total. The van der Waals surface area contributed by atoms with Crippen molar-refractivity contribution in [2.45, 2.75) is 24.8 Å². The van der Waals surface area contributed by atoms with Crippen LogP contribution in [-0.2, 0) is 16.6 Å². The second-order valence-corrected chi connectivity index (χ2v) is 8.90. The summed E-state index contributed by atoms with van der Waals surface area (Å²) < 4.78 is 35.2. The van der Waals surface area contributed by atoms with E-state index in [0.717, 1.165) is 5.56 Å². The lowest BCUT2D eigenvalue weighted by atomic mass is 10.2. The minimum absolute atomic E-state index is 0.00741. The van der Waals surface area contributed by atoms with E-state index in [1.165, 1.54) is 25.3 Å². The summed E-state index contributed by atoms with van der Waals surface area (Å²) in [4.78, 5) is 12.3. The maximum absolute atomic E-state index is 12.9. The van der Waals surface area contributed by atoms with Gasteiger partial charge in [0.05, 0.1) is 24.0 Å². The molecule has 8 nitrogen and oxygen atoms in total. The molecule has 0 spiro atoms. The molecule has 0 saturated carbocycles. The van der Waals surface area contributed by atoms with E-state index >= 15 is 0 Å². The number of amides is 1. The number of nitrogens with zero attached hydrogens (tertiary/aromatic N) is 2. The summed E-state index contributed by atoms with van der Waals surface area (Å²) in [7, 11) is -2.60. The number of anilines is 1. The minimum atomic E-state index is -4.05. The number of aromatic nitrogens is 2. The van der Waals surface area contributed by atoms with E-state index in [1.54, 1.807) is 35.1 Å². The van der Waals surface area contributed by atoms with Crippen LogP contribution in [0.1, 0.15) is 22.3 Å². The third kappa shape index (κ3) is 5.77. The highest BCUT2D eigenvalue weighted by molar-refractivity contribution is 7.92. The predicted molar refractivity (Wildman–Crippen MR) is 119 cm³/mol. The molecule has 0 aliphatic carbocycles. The Morgan fingerprint density at radius 2 is 2.00 bits per heavy atom. The number of rotatable bonds is 9. The molecule has 31 heavy (non-hydrogen) atoms. The van der Waals surface area contributed by atoms with Crippen LogP contribution in [0.2, 0.25) is 5.02 Å². The number of carbonyl (C=O) groups excluding carboxylic acids is 1. The zero-order valence-corrected chi connectivity index (χ0v) is 18.7. The minimum Gasteiger partial charge on any atom is -0.495 e. The number of nitrogens with one attached hydrogen (secondary N) is 2. The summed E-state index contributed by atoms with van der Waals surface area (Å²) in [5, 5.41) is 6.98. The van der Waals surface area contributed by atoms with Gasteiger partial charge in [0.1, 0.15) is 10.6 Å². The number of hydrogen-bond acceptors (Lipinski definition) is 5. The number of para-hydroxylation sites is 2. The number of hydrogen-bond donors (Lipinski definition) is 2. The normalized spacial score (nSPS) is 11.2. The van der Waals surface area contributed by atoms with E-state index < -0.39 is 10.0 Å². The van der Waals surface area contributed by atoms with Gasteiger partial charge in [-0.3, -0.25) is 14.2 Å². The van der Waals surface area contributed by atoms with Crippen LogP contribution < -0.4 is 14.8 Å². The lowest BCUT2D eigenvalue weighted by Crippen LogP contribution is -2.25. The quantitative estimate of drug-likeness (QED) is 0.474. The molecule has 0 saturated heterocycles. The van der Waals surface area contributed by atoms with Crippen molar-refractivity contribution >= 4 is 33.2 Å². The van der Waals surface area contributed by atoms with Crippen molar-refractivity contribution in [3.63, 3.8) is 0 Å². The van der Waals surface area contributed by atoms with Gasteiger partial charge in [0, 0.05) is 24.8 Å². The van der Waals surface area contributed by atoms with Gasteiger partial charge in [-0.05, 0) is 49.2 Å². The second kappa shape index (κ2) is 9.84. The van der Waals surface area contributed by atoms with Gasteiger partial charge in [0.15, 0.2) is 0 Å². The summed E-state index contributed by atoms with van der Waals surface area (Å²) in [6, 6.07) is 10.7. The fraction of sp³-hybridized carbons (Fsp3) is 0.238. The third-order valence-electron chi connectivity index (χ3n) is 4.45. The number of benzene rings is 2. The van der Waals surface area contributed by atoms with Crippen molar-refractivity contribution in [1.82, 2.24) is 15.1 Å². The van der Waals surface area contributed by atoms with Gasteiger partial charge in [-0.2, -0.15) is 5.10 Å². The Morgan fingerprint density at radius 1 is 1.23 bits per heavy atom. The molecule has 1 aromatic heterocycles. The van der Waals surface area contributed by atoms with Crippen molar-refractivity contribution in [1.29, 1.82) is 0 Å². The average Bonchev–Trinajstić information content (AvgIpc) is 3.16. The highest BCUT2D eigenvalue weighted by Gasteiger charge is 2.21. The molecule has 0 aliphatic heterocycles. The smallest absolute Gasteiger partial charge is 0.263 e. The molecule has 3 rings (SSSR count). The summed E-state index contributed by atoms with van der Waals surface area (Å²) in [6.45, 7) is 3.04. The number of ether oxygens (including phenoxy) is 1. The molecule has 0 fully saturated rings. The van der Waals surface area contributed by atoms with E-state index in [1.807, 2.05) is 13.1 Å². The summed E-state index contributed by atoms with van der Waals surface area (Å²) in [5.41, 5.74) is 1.53. The molecule has 1 heterocycles. The Morgan fingerprint density at radius 3 is 2.71 bits per heavy atom. The van der Waals surface area contributed by atoms with Gasteiger partial charge < -0.3 is 10.1 Å². The molecule has 0 aliphatic rings. The highest BCUT2D eigenvalue weighted by atomic mass is 35.5. The van der Waals surface area contributed by atoms with Crippen LogP contribution in [-0.4, -0.2) is 37.8 Å². The predicted octanol–water partition coefficient (Wildman–Crippen LogP) is 3.47. The van der Waals surface area contributed by atoms with Crippen LogP contribution in [0.5, 0.6) is 5.75 Å². The van der Waals surface area contributed by atoms with Crippen molar-refractivity contribution in [2.75, 3.05) is 18.4 Å². The average molecular weight is 463 g/mol. The van der Waals surface area contributed by atoms with Crippen molar-refractivity contribution < 1.29 is 17.9 Å². The number of halogens is 1. The largest absolute Gasteiger partial charge is 0.495 e. The standard InChI is InChI=1S/C21H23ClN4O4S/c1-15-13-24-26(14-15)11-5-10-23-21(27)16-8-9-17(22)20(12-16)31(28,29)25-18-6-3-4-7-19(18)30-2/h3-4,6-9,12-14,25H,5,10-11H2,1-2H3,(H,23,27). The SMILES string of the molecule is COc1ccccc1NS(=O)(=O)c1cc(C(=O)NCCCn2cc(C)cn2)ccc1Cl. The zero-order chi connectivity index (χ0) is 22.4. The first-order valence-corrected chi connectivity index (χ1v) is 11.4. The topological polar surface area (TPSA) is 102 Å². The Kier molecular flexibility index (Phi) is 7.19. The van der Waals surface area contributed by atoms with Crippen LogP contribution in [0, 0.1) is 6.92 Å². The summed E-state index contributed by atoms with van der Waals surface area (Å²) >= 11 is 6.13. The maximum Gasteiger partial charge on any atom is 0.263 e. The zero-order valence-electron chi connectivity index (χ0n) is 17.1. The van der Waals surface area contributed by atoms with E-state index in [2.05, 4.69) is 15.1 Å². The fourth-order valence-corrected chi connectivity index (χ4v) is 4.51. The molecule has 10 heteroatoms. The number of carbonyl (C=O) groups is 1. The number of methoxy groups -OCH3 is 1. The van der Waals surface area contributed by atoms with Gasteiger partial charge in [-0.15, -0.1) is 0 Å². The molecule has 164 valence electrons. The lowest BCUT2D eigenvalue weighted by Gasteiger charge is -2.13. The summed E-state index contributed by atoms with van der Waals surface area (Å²) in [5.74, 6) is -0.0227. The molecular weight excluding hydrogens is 440 g/mol. The lowest BCUT2D eigenvalue weighted by molar-refractivity contribution is 0.0952. The Bertz CT molecular complexity index is 1180. The molecule has 0 radical (unpaired) electrons. The van der Waals surface area contributed by atoms with E-state index in [4.69, 9.17) is 16.3 Å². The first-order chi connectivity index (χ1) is 14.8. The van der Waals surface area contributed by atoms with Crippen molar-refractivity contribution in [3.8, 4) is 5.75 Å². The Balaban J connectivity index is 1.69. The van der Waals surface area contributed by atoms with Gasteiger partial charge in [0.25, 0.3) is 15.9 Å².